The van der Waals surface area contributed by atoms with Crippen molar-refractivity contribution in [2.75, 3.05) is 6.54 Å². The van der Waals surface area contributed by atoms with Gasteiger partial charge in [-0.15, -0.1) is 0 Å². The van der Waals surface area contributed by atoms with Crippen LogP contribution in [0.25, 0.3) is 0 Å². The van der Waals surface area contributed by atoms with Gasteiger partial charge in [0, 0.05) is 6.54 Å². The molecule has 0 heterocycles. The van der Waals surface area contributed by atoms with Crippen molar-refractivity contribution in [3.8, 4) is 0 Å². The molecule has 0 bridgehead atoms. The highest BCUT2D eigenvalue weighted by atomic mass is 32.1. The predicted octanol–water partition coefficient (Wildman–Crippen LogP) is 5.59. The lowest BCUT2D eigenvalue weighted by atomic mass is 9.67. The van der Waals surface area contributed by atoms with Crippen LogP contribution in [0.4, 0.5) is 14.5 Å². The number of hydrogen-bond donors (Lipinski definition) is 3. The molecule has 1 aliphatic rings. The Labute approximate surface area is 182 Å². The molecule has 1 atom stereocenters. The van der Waals surface area contributed by atoms with E-state index in [9.17, 15) is 8.78 Å². The highest BCUT2D eigenvalue weighted by Gasteiger charge is 2.35. The van der Waals surface area contributed by atoms with Crippen LogP contribution in [0.5, 0.6) is 0 Å². The van der Waals surface area contributed by atoms with E-state index in [0.717, 1.165) is 23.3 Å². The van der Waals surface area contributed by atoms with E-state index < -0.39 is 0 Å². The topological polar surface area (TPSA) is 50.4 Å². The zero-order valence-corrected chi connectivity index (χ0v) is 18.1. The third-order valence-electron chi connectivity index (χ3n) is 5.61. The molecule has 0 spiro atoms. The molecule has 1 aliphatic carbocycles. The van der Waals surface area contributed by atoms with Crippen molar-refractivity contribution in [1.29, 1.82) is 0 Å². The molecule has 2 aromatic carbocycles. The van der Waals surface area contributed by atoms with Gasteiger partial charge in [-0.05, 0) is 90.9 Å². The number of aliphatic imine (C=N–C) groups is 1. The van der Waals surface area contributed by atoms with Gasteiger partial charge < -0.3 is 5.73 Å². The van der Waals surface area contributed by atoms with Crippen LogP contribution < -0.4 is 10.5 Å². The first-order chi connectivity index (χ1) is 14.3. The second kappa shape index (κ2) is 9.58. The van der Waals surface area contributed by atoms with Gasteiger partial charge in [0.15, 0.2) is 0 Å². The summed E-state index contributed by atoms with van der Waals surface area (Å²) in [7, 11) is 0. The van der Waals surface area contributed by atoms with Crippen molar-refractivity contribution in [2.45, 2.75) is 33.1 Å². The average molecular weight is 428 g/mol. The molecule has 1 unspecified atom stereocenters. The summed E-state index contributed by atoms with van der Waals surface area (Å²) in [6.07, 6.45) is 5.78. The molecular formula is C24H27F2N3S. The molecule has 0 radical (unpaired) electrons. The maximum absolute atomic E-state index is 14.1. The van der Waals surface area contributed by atoms with Crippen LogP contribution in [-0.2, 0) is 6.42 Å². The molecule has 6 heteroatoms. The molecule has 0 aromatic heterocycles. The summed E-state index contributed by atoms with van der Waals surface area (Å²) in [6, 6.07) is 11.5. The average Bonchev–Trinajstić information content (AvgIpc) is 2.72. The molecule has 2 aromatic rings. The van der Waals surface area contributed by atoms with E-state index in [1.54, 1.807) is 31.3 Å². The van der Waals surface area contributed by atoms with Crippen molar-refractivity contribution in [1.82, 2.24) is 4.72 Å². The van der Waals surface area contributed by atoms with Gasteiger partial charge in [0.1, 0.15) is 11.6 Å². The van der Waals surface area contributed by atoms with Gasteiger partial charge in [-0.1, -0.05) is 37.4 Å². The van der Waals surface area contributed by atoms with Crippen molar-refractivity contribution >= 4 is 24.2 Å². The predicted molar refractivity (Wildman–Crippen MR) is 123 cm³/mol. The van der Waals surface area contributed by atoms with Gasteiger partial charge in [0.05, 0.1) is 11.4 Å². The maximum Gasteiger partial charge on any atom is 0.126 e. The van der Waals surface area contributed by atoms with Crippen molar-refractivity contribution < 1.29 is 8.78 Å². The second-order valence-corrected chi connectivity index (χ2v) is 8.31. The number of rotatable bonds is 6. The quantitative estimate of drug-likeness (QED) is 0.526. The van der Waals surface area contributed by atoms with Gasteiger partial charge in [-0.3, -0.25) is 4.72 Å². The van der Waals surface area contributed by atoms with Crippen LogP contribution in [0.3, 0.4) is 0 Å². The number of nitrogens with two attached hydrogens (primary N) is 1. The largest absolute Gasteiger partial charge is 0.404 e. The first-order valence-electron chi connectivity index (χ1n) is 9.93. The van der Waals surface area contributed by atoms with Gasteiger partial charge in [0.25, 0.3) is 0 Å². The number of aryl methyl sites for hydroxylation is 1. The van der Waals surface area contributed by atoms with Crippen LogP contribution in [0.2, 0.25) is 0 Å². The van der Waals surface area contributed by atoms with Crippen LogP contribution in [-0.4, -0.2) is 12.3 Å². The molecule has 3 rings (SSSR count). The van der Waals surface area contributed by atoms with E-state index in [4.69, 9.17) is 10.7 Å². The first kappa shape index (κ1) is 22.2. The zero-order valence-electron chi connectivity index (χ0n) is 17.3. The third-order valence-corrected chi connectivity index (χ3v) is 5.83. The summed E-state index contributed by atoms with van der Waals surface area (Å²) >= 11 is 4.13. The van der Waals surface area contributed by atoms with Crippen LogP contribution >= 0.6 is 12.8 Å². The molecular weight excluding hydrogens is 400 g/mol. The van der Waals surface area contributed by atoms with Gasteiger partial charge in [0.2, 0.25) is 0 Å². The molecule has 0 amide bonds. The molecule has 3 nitrogen and oxygen atoms in total. The Morgan fingerprint density at radius 1 is 1.20 bits per heavy atom. The van der Waals surface area contributed by atoms with E-state index in [0.29, 0.717) is 30.6 Å². The summed E-state index contributed by atoms with van der Waals surface area (Å²) in [5.74, 6) is -0.492. The van der Waals surface area contributed by atoms with Crippen LogP contribution in [0.1, 0.15) is 30.9 Å². The molecule has 0 fully saturated rings. The highest BCUT2D eigenvalue weighted by molar-refractivity contribution is 7.78. The fourth-order valence-electron chi connectivity index (χ4n) is 3.90. The Morgan fingerprint density at radius 2 is 1.93 bits per heavy atom. The lowest BCUT2D eigenvalue weighted by Crippen LogP contribution is -2.31. The lowest BCUT2D eigenvalue weighted by molar-refractivity contribution is 0.377. The number of thiol groups is 1. The smallest absolute Gasteiger partial charge is 0.126 e. The number of halogens is 2. The van der Waals surface area contributed by atoms with Crippen LogP contribution in [0, 0.1) is 24.0 Å². The van der Waals surface area contributed by atoms with Gasteiger partial charge in [-0.25, -0.2) is 13.8 Å². The number of nitrogens with zero attached hydrogens (tertiary/aromatic N) is 1. The number of hydrogen-bond acceptors (Lipinski definition) is 4. The Morgan fingerprint density at radius 3 is 2.57 bits per heavy atom. The molecule has 0 saturated heterocycles. The minimum atomic E-state index is -0.300. The normalized spacial score (nSPS) is 21.8. The standard InChI is InChI=1S/C24H27F2N3S/c1-16-3-4-17(11-22(16)26)13-24(2)14-18(15-27)23(12-19(24)9-10-28-30)29-21-7-5-20(25)6-8-21/h3-8,11-12,15,28,30H,9-10,13-14,27H2,1-2H3. The third kappa shape index (κ3) is 5.18. The summed E-state index contributed by atoms with van der Waals surface area (Å²) in [5, 5.41) is 0. The number of allylic oxidation sites excluding steroid dienone is 2. The van der Waals surface area contributed by atoms with Gasteiger partial charge >= 0.3 is 0 Å². The van der Waals surface area contributed by atoms with E-state index in [1.165, 1.54) is 17.7 Å². The number of benzene rings is 2. The van der Waals surface area contributed by atoms with Gasteiger partial charge in [-0.2, -0.15) is 0 Å². The minimum absolute atomic E-state index is 0.192. The van der Waals surface area contributed by atoms with E-state index in [2.05, 4.69) is 30.5 Å². The molecule has 30 heavy (non-hydrogen) atoms. The first-order valence-corrected chi connectivity index (χ1v) is 10.4. The van der Waals surface area contributed by atoms with E-state index in [1.807, 2.05) is 12.1 Å². The SMILES string of the molecule is Cc1ccc(CC2(C)CC(=CN)C(=Nc3ccc(F)cc3)C=C2CCNS)cc1F. The number of nitrogens with one attached hydrogen (secondary N) is 1. The van der Waals surface area contributed by atoms with Crippen LogP contribution in [0.15, 0.2) is 70.9 Å². The Balaban J connectivity index is 2.00. The summed E-state index contributed by atoms with van der Waals surface area (Å²) in [4.78, 5) is 4.69. The van der Waals surface area contributed by atoms with E-state index >= 15 is 0 Å². The summed E-state index contributed by atoms with van der Waals surface area (Å²) < 4.78 is 30.3. The second-order valence-electron chi connectivity index (χ2n) is 7.99. The van der Waals surface area contributed by atoms with E-state index in [-0.39, 0.29) is 17.0 Å². The Kier molecular flexibility index (Phi) is 7.10. The molecule has 0 aliphatic heterocycles. The minimum Gasteiger partial charge on any atom is -0.404 e. The zero-order chi connectivity index (χ0) is 21.7. The summed E-state index contributed by atoms with van der Waals surface area (Å²) in [6.45, 7) is 4.63. The fourth-order valence-corrected chi connectivity index (χ4v) is 4.01. The summed E-state index contributed by atoms with van der Waals surface area (Å²) in [5.41, 5.74) is 10.8. The van der Waals surface area contributed by atoms with Crippen molar-refractivity contribution in [2.24, 2.45) is 16.1 Å². The molecule has 3 N–H and O–H groups in total. The monoisotopic (exact) mass is 427 g/mol. The Hall–Kier alpha value is -2.44. The Bertz CT molecular complexity index is 996. The fraction of sp³-hybridized carbons (Fsp3) is 0.292. The highest BCUT2D eigenvalue weighted by Crippen LogP contribution is 2.43. The maximum atomic E-state index is 14.1. The lowest BCUT2D eigenvalue weighted by Gasteiger charge is -2.37. The molecule has 158 valence electrons. The molecule has 0 saturated carbocycles. The van der Waals surface area contributed by atoms with Crippen molar-refractivity contribution in [3.05, 3.63) is 88.6 Å². The van der Waals surface area contributed by atoms with Crippen molar-refractivity contribution in [3.63, 3.8) is 0 Å².